The van der Waals surface area contributed by atoms with E-state index in [1.165, 1.54) is 6.07 Å². The number of aromatic nitrogens is 2. The average molecular weight is 225 g/mol. The van der Waals surface area contributed by atoms with E-state index in [0.717, 1.165) is 15.5 Å². The van der Waals surface area contributed by atoms with Gasteiger partial charge in [0, 0.05) is 17.6 Å². The number of fused-ring (bicyclic) bond motifs is 1. The van der Waals surface area contributed by atoms with E-state index in [9.17, 15) is 4.79 Å². The first-order valence-corrected chi connectivity index (χ1v) is 4.20. The Hall–Kier alpha value is -1.16. The van der Waals surface area contributed by atoms with E-state index in [-0.39, 0.29) is 5.56 Å². The minimum Gasteiger partial charge on any atom is -0.327 e. The van der Waals surface area contributed by atoms with Crippen LogP contribution in [0.5, 0.6) is 0 Å². The van der Waals surface area contributed by atoms with Crippen molar-refractivity contribution in [3.05, 3.63) is 39.4 Å². The zero-order valence-corrected chi connectivity index (χ0v) is 7.63. The summed E-state index contributed by atoms with van der Waals surface area (Å²) in [5.74, 6) is 0. The van der Waals surface area contributed by atoms with Crippen molar-refractivity contribution in [3.8, 4) is 0 Å². The van der Waals surface area contributed by atoms with Crippen LogP contribution in [0.15, 0.2) is 33.8 Å². The molecule has 0 bridgehead atoms. The molecule has 2 aromatic rings. The van der Waals surface area contributed by atoms with E-state index in [1.807, 2.05) is 12.1 Å². The highest BCUT2D eigenvalue weighted by molar-refractivity contribution is 9.10. The van der Waals surface area contributed by atoms with Crippen LogP contribution in [0, 0.1) is 0 Å². The molecule has 0 aliphatic rings. The summed E-state index contributed by atoms with van der Waals surface area (Å²) in [6.45, 7) is 0. The smallest absolute Gasteiger partial charge is 0.248 e. The zero-order chi connectivity index (χ0) is 8.55. The van der Waals surface area contributed by atoms with Gasteiger partial charge in [-0.25, -0.2) is 4.98 Å². The Labute approximate surface area is 76.6 Å². The van der Waals surface area contributed by atoms with Crippen LogP contribution in [-0.2, 0) is 0 Å². The summed E-state index contributed by atoms with van der Waals surface area (Å²) in [6, 6.07) is 5.18. The fourth-order valence-corrected chi connectivity index (χ4v) is 1.34. The molecule has 0 amide bonds. The first kappa shape index (κ1) is 7.49. The molecule has 0 aliphatic carbocycles. The van der Waals surface area contributed by atoms with Crippen molar-refractivity contribution in [1.29, 1.82) is 0 Å². The predicted molar refractivity (Wildman–Crippen MR) is 50.1 cm³/mol. The lowest BCUT2D eigenvalue weighted by molar-refractivity contribution is 1.23. The third kappa shape index (κ3) is 1.25. The quantitative estimate of drug-likeness (QED) is 0.693. The molecular formula is C8H5BrN2O. The number of hydrogen-bond acceptors (Lipinski definition) is 2. The number of hydrogen-bond donors (Lipinski definition) is 1. The molecule has 3 nitrogen and oxygen atoms in total. The second-order valence-corrected chi connectivity index (χ2v) is 3.22. The highest BCUT2D eigenvalue weighted by atomic mass is 79.9. The second kappa shape index (κ2) is 2.71. The van der Waals surface area contributed by atoms with E-state index < -0.39 is 0 Å². The van der Waals surface area contributed by atoms with Crippen LogP contribution in [0.2, 0.25) is 0 Å². The van der Waals surface area contributed by atoms with Crippen molar-refractivity contribution in [2.24, 2.45) is 0 Å². The molecule has 1 N–H and O–H groups in total. The molecule has 0 spiro atoms. The van der Waals surface area contributed by atoms with Crippen LogP contribution in [-0.4, -0.2) is 9.97 Å². The maximum Gasteiger partial charge on any atom is 0.248 e. The van der Waals surface area contributed by atoms with Crippen molar-refractivity contribution in [3.63, 3.8) is 0 Å². The van der Waals surface area contributed by atoms with Gasteiger partial charge in [0.1, 0.15) is 4.60 Å². The molecule has 0 aromatic carbocycles. The van der Waals surface area contributed by atoms with Crippen LogP contribution in [0.3, 0.4) is 0 Å². The summed E-state index contributed by atoms with van der Waals surface area (Å²) in [7, 11) is 0. The standard InChI is InChI=1S/C8H5BrN2O/c9-7-2-1-5-3-8(12)10-4-6(5)11-7/h1-4H,(H,10,12). The Morgan fingerprint density at radius 3 is 3.08 bits per heavy atom. The first-order chi connectivity index (χ1) is 5.75. The minimum absolute atomic E-state index is 0.105. The monoisotopic (exact) mass is 224 g/mol. The van der Waals surface area contributed by atoms with Gasteiger partial charge in [0.05, 0.1) is 5.52 Å². The van der Waals surface area contributed by atoms with Gasteiger partial charge in [-0.05, 0) is 28.1 Å². The molecule has 60 valence electrons. The van der Waals surface area contributed by atoms with Crippen molar-refractivity contribution in [2.75, 3.05) is 0 Å². The maximum absolute atomic E-state index is 10.9. The van der Waals surface area contributed by atoms with Crippen LogP contribution >= 0.6 is 15.9 Å². The van der Waals surface area contributed by atoms with Gasteiger partial charge in [-0.15, -0.1) is 0 Å². The van der Waals surface area contributed by atoms with Gasteiger partial charge < -0.3 is 4.98 Å². The highest BCUT2D eigenvalue weighted by Gasteiger charge is 1.95. The molecule has 0 unspecified atom stereocenters. The second-order valence-electron chi connectivity index (χ2n) is 2.41. The number of rotatable bonds is 0. The van der Waals surface area contributed by atoms with Gasteiger partial charge in [-0.1, -0.05) is 0 Å². The molecule has 2 aromatic heterocycles. The van der Waals surface area contributed by atoms with E-state index in [1.54, 1.807) is 6.20 Å². The van der Waals surface area contributed by atoms with Crippen LogP contribution in [0.1, 0.15) is 0 Å². The summed E-state index contributed by atoms with van der Waals surface area (Å²) in [5, 5.41) is 0.849. The van der Waals surface area contributed by atoms with Crippen LogP contribution in [0.25, 0.3) is 10.9 Å². The number of pyridine rings is 2. The number of nitrogens with zero attached hydrogens (tertiary/aromatic N) is 1. The number of aromatic amines is 1. The molecular weight excluding hydrogens is 220 g/mol. The van der Waals surface area contributed by atoms with E-state index in [4.69, 9.17) is 0 Å². The summed E-state index contributed by atoms with van der Waals surface area (Å²) >= 11 is 3.25. The Morgan fingerprint density at radius 2 is 2.25 bits per heavy atom. The van der Waals surface area contributed by atoms with E-state index >= 15 is 0 Å². The lowest BCUT2D eigenvalue weighted by Gasteiger charge is -1.94. The van der Waals surface area contributed by atoms with E-state index in [2.05, 4.69) is 25.9 Å². The summed E-state index contributed by atoms with van der Waals surface area (Å²) in [6.07, 6.45) is 1.60. The number of nitrogens with one attached hydrogen (secondary N) is 1. The Morgan fingerprint density at radius 1 is 1.42 bits per heavy atom. The Balaban J connectivity index is 2.87. The van der Waals surface area contributed by atoms with Crippen molar-refractivity contribution in [1.82, 2.24) is 9.97 Å². The fourth-order valence-electron chi connectivity index (χ4n) is 1.02. The Kier molecular flexibility index (Phi) is 1.69. The molecule has 2 heterocycles. The van der Waals surface area contributed by atoms with Crippen LogP contribution < -0.4 is 5.56 Å². The highest BCUT2D eigenvalue weighted by Crippen LogP contribution is 2.12. The largest absolute Gasteiger partial charge is 0.327 e. The summed E-state index contributed by atoms with van der Waals surface area (Å²) in [5.41, 5.74) is 0.676. The Bertz CT molecular complexity index is 478. The van der Waals surface area contributed by atoms with Crippen molar-refractivity contribution < 1.29 is 0 Å². The first-order valence-electron chi connectivity index (χ1n) is 3.41. The fraction of sp³-hybridized carbons (Fsp3) is 0. The van der Waals surface area contributed by atoms with Gasteiger partial charge in [0.25, 0.3) is 0 Å². The molecule has 0 fully saturated rings. The molecule has 12 heavy (non-hydrogen) atoms. The maximum atomic E-state index is 10.9. The molecule has 0 saturated carbocycles. The SMILES string of the molecule is O=c1cc2ccc(Br)nc2c[nH]1. The van der Waals surface area contributed by atoms with Crippen LogP contribution in [0.4, 0.5) is 0 Å². The summed E-state index contributed by atoms with van der Waals surface area (Å²) in [4.78, 5) is 17.6. The van der Waals surface area contributed by atoms with Gasteiger partial charge in [0.2, 0.25) is 5.56 Å². The topological polar surface area (TPSA) is 45.8 Å². The lowest BCUT2D eigenvalue weighted by Crippen LogP contribution is -2.02. The van der Waals surface area contributed by atoms with Gasteiger partial charge in [-0.3, -0.25) is 4.79 Å². The van der Waals surface area contributed by atoms with Crippen molar-refractivity contribution in [2.45, 2.75) is 0 Å². The molecule has 0 saturated heterocycles. The summed E-state index contributed by atoms with van der Waals surface area (Å²) < 4.78 is 0.766. The average Bonchev–Trinajstić information content (AvgIpc) is 2.05. The third-order valence-electron chi connectivity index (χ3n) is 1.56. The van der Waals surface area contributed by atoms with Crippen molar-refractivity contribution >= 4 is 26.8 Å². The molecule has 0 atom stereocenters. The molecule has 0 radical (unpaired) electrons. The van der Waals surface area contributed by atoms with E-state index in [0.29, 0.717) is 0 Å². The number of H-pyrrole nitrogens is 1. The third-order valence-corrected chi connectivity index (χ3v) is 2.00. The molecule has 0 aliphatic heterocycles. The minimum atomic E-state index is -0.105. The molecule has 4 heteroatoms. The zero-order valence-electron chi connectivity index (χ0n) is 6.04. The predicted octanol–water partition coefficient (Wildman–Crippen LogP) is 1.69. The molecule has 2 rings (SSSR count). The van der Waals surface area contributed by atoms with Gasteiger partial charge in [0.15, 0.2) is 0 Å². The number of halogens is 1. The van der Waals surface area contributed by atoms with Gasteiger partial charge in [-0.2, -0.15) is 0 Å². The normalized spacial score (nSPS) is 10.4. The van der Waals surface area contributed by atoms with Gasteiger partial charge >= 0.3 is 0 Å². The lowest BCUT2D eigenvalue weighted by atomic mass is 10.3.